The molecule has 2 aliphatic heterocycles. The molecule has 5 rings (SSSR count). The maximum atomic E-state index is 13.2. The van der Waals surface area contributed by atoms with Crippen LogP contribution in [-0.4, -0.2) is 35.5 Å². The van der Waals surface area contributed by atoms with E-state index >= 15 is 0 Å². The van der Waals surface area contributed by atoms with E-state index in [1.165, 1.54) is 19.3 Å². The van der Waals surface area contributed by atoms with E-state index in [0.29, 0.717) is 31.1 Å². The van der Waals surface area contributed by atoms with Gasteiger partial charge >= 0.3 is 18.0 Å². The number of esters is 2. The number of nitrogens with zero attached hydrogens (tertiary/aromatic N) is 1. The molecule has 4 atom stereocenters. The number of para-hydroxylation sites is 1. The van der Waals surface area contributed by atoms with Crippen LogP contribution in [0, 0.1) is 23.7 Å². The van der Waals surface area contributed by atoms with Crippen LogP contribution < -0.4 is 4.74 Å². The molecule has 0 N–H and O–H groups in total. The Morgan fingerprint density at radius 3 is 2.53 bits per heavy atom. The maximum absolute atomic E-state index is 13.2. The molecule has 0 spiro atoms. The minimum absolute atomic E-state index is 0.0181. The Hall–Kier alpha value is -2.63. The van der Waals surface area contributed by atoms with Crippen LogP contribution in [0.15, 0.2) is 42.0 Å². The van der Waals surface area contributed by atoms with Gasteiger partial charge in [0.15, 0.2) is 0 Å². The Kier molecular flexibility index (Phi) is 5.09. The summed E-state index contributed by atoms with van der Waals surface area (Å²) >= 11 is 0. The molecule has 1 amide bonds. The number of carbonyl (C=O) groups excluding carboxylic acids is 3. The zero-order valence-corrected chi connectivity index (χ0v) is 17.0. The van der Waals surface area contributed by atoms with E-state index in [9.17, 15) is 14.4 Å². The molecule has 2 aliphatic carbocycles. The summed E-state index contributed by atoms with van der Waals surface area (Å²) in [6.07, 6.45) is 8.67. The molecule has 1 aromatic carbocycles. The lowest BCUT2D eigenvalue weighted by atomic mass is 9.66. The number of carbonyl (C=O) groups is 3. The summed E-state index contributed by atoms with van der Waals surface area (Å²) in [4.78, 5) is 39.6. The average molecular weight is 409 g/mol. The highest BCUT2D eigenvalue weighted by Gasteiger charge is 2.54. The van der Waals surface area contributed by atoms with Crippen molar-refractivity contribution < 1.29 is 23.9 Å². The van der Waals surface area contributed by atoms with Crippen LogP contribution in [0.25, 0.3) is 0 Å². The first-order valence-electron chi connectivity index (χ1n) is 11.1. The quantitative estimate of drug-likeness (QED) is 0.418. The number of cyclic esters (lactones) is 2. The molecule has 6 heteroatoms. The molecule has 6 nitrogen and oxygen atoms in total. The second-order valence-electron chi connectivity index (χ2n) is 9.00. The lowest BCUT2D eigenvalue weighted by molar-refractivity contribution is -0.154. The number of likely N-dealkylation sites (tertiary alicyclic amines) is 1. The number of rotatable bonds is 2. The van der Waals surface area contributed by atoms with Gasteiger partial charge in [-0.1, -0.05) is 49.1 Å². The van der Waals surface area contributed by atoms with Crippen molar-refractivity contribution in [2.45, 2.75) is 51.0 Å². The van der Waals surface area contributed by atoms with Crippen LogP contribution in [0.5, 0.6) is 5.75 Å². The molecule has 3 fully saturated rings. The summed E-state index contributed by atoms with van der Waals surface area (Å²) in [6.45, 7) is 0.461. The number of piperidine rings is 1. The van der Waals surface area contributed by atoms with E-state index in [4.69, 9.17) is 9.47 Å². The van der Waals surface area contributed by atoms with Crippen LogP contribution in [0.2, 0.25) is 0 Å². The van der Waals surface area contributed by atoms with Gasteiger partial charge in [-0.15, -0.1) is 0 Å². The van der Waals surface area contributed by atoms with Crippen molar-refractivity contribution in [2.75, 3.05) is 6.54 Å². The van der Waals surface area contributed by atoms with Crippen LogP contribution in [0.3, 0.4) is 0 Å². The fourth-order valence-corrected chi connectivity index (χ4v) is 5.90. The molecule has 30 heavy (non-hydrogen) atoms. The second-order valence-corrected chi connectivity index (χ2v) is 9.00. The minimum atomic E-state index is -0.393. The predicted molar refractivity (Wildman–Crippen MR) is 108 cm³/mol. The molecule has 0 aromatic heterocycles. The highest BCUT2D eigenvalue weighted by atomic mass is 16.6. The molecule has 0 unspecified atom stereocenters. The van der Waals surface area contributed by atoms with Gasteiger partial charge in [-0.2, -0.15) is 0 Å². The van der Waals surface area contributed by atoms with Gasteiger partial charge in [-0.3, -0.25) is 9.59 Å². The number of ether oxygens (including phenoxy) is 2. The first-order valence-corrected chi connectivity index (χ1v) is 11.1. The first kappa shape index (κ1) is 19.3. The third-order valence-electron chi connectivity index (χ3n) is 7.38. The summed E-state index contributed by atoms with van der Waals surface area (Å²) in [5.74, 6) is -0.608. The lowest BCUT2D eigenvalue weighted by Crippen LogP contribution is -2.54. The third-order valence-corrected chi connectivity index (χ3v) is 7.38. The summed E-state index contributed by atoms with van der Waals surface area (Å²) in [5.41, 5.74) is 1.07. The lowest BCUT2D eigenvalue weighted by Gasteiger charge is -2.47. The van der Waals surface area contributed by atoms with E-state index in [1.807, 2.05) is 29.2 Å². The summed E-state index contributed by atoms with van der Waals surface area (Å²) in [5, 5.41) is 0. The van der Waals surface area contributed by atoms with Crippen LogP contribution in [0.1, 0.15) is 44.9 Å². The van der Waals surface area contributed by atoms with Crippen molar-refractivity contribution in [1.82, 2.24) is 4.90 Å². The number of benzene rings is 1. The largest absolute Gasteiger partial charge is 0.415 e. The average Bonchev–Trinajstić information content (AvgIpc) is 3.08. The van der Waals surface area contributed by atoms with E-state index in [2.05, 4.69) is 0 Å². The number of amides is 1. The standard InChI is InChI=1S/C24H27NO5/c26-22-18-12-11-16-14-25(24(28)29-17-9-5-2-6-10-17)20(15-7-3-1-4-8-15)13-19(16)21(18)23(27)30-22/h2,5-6,9-11,15,18-21H,1,3-4,7-8,12-14H2/t18-,19+,20+,21-/m0/s1. The summed E-state index contributed by atoms with van der Waals surface area (Å²) < 4.78 is 10.7. The zero-order chi connectivity index (χ0) is 20.7. The summed E-state index contributed by atoms with van der Waals surface area (Å²) in [7, 11) is 0. The molecule has 1 aromatic rings. The normalized spacial score (nSPS) is 31.5. The fourth-order valence-electron chi connectivity index (χ4n) is 5.90. The van der Waals surface area contributed by atoms with Crippen molar-refractivity contribution in [2.24, 2.45) is 23.7 Å². The predicted octanol–water partition coefficient (Wildman–Crippen LogP) is 4.10. The highest BCUT2D eigenvalue weighted by Crippen LogP contribution is 2.47. The number of hydrogen-bond acceptors (Lipinski definition) is 5. The first-order chi connectivity index (χ1) is 14.6. The fraction of sp³-hybridized carbons (Fsp3) is 0.542. The molecule has 158 valence electrons. The Morgan fingerprint density at radius 1 is 1.00 bits per heavy atom. The topological polar surface area (TPSA) is 72.9 Å². The van der Waals surface area contributed by atoms with Crippen molar-refractivity contribution in [3.63, 3.8) is 0 Å². The molecular formula is C24H27NO5. The van der Waals surface area contributed by atoms with Gasteiger partial charge in [0.25, 0.3) is 0 Å². The van der Waals surface area contributed by atoms with Gasteiger partial charge in [0.2, 0.25) is 0 Å². The van der Waals surface area contributed by atoms with Crippen molar-refractivity contribution in [1.29, 1.82) is 0 Å². The molecule has 0 radical (unpaired) electrons. The smallest absolute Gasteiger partial charge is 0.410 e. The van der Waals surface area contributed by atoms with E-state index < -0.39 is 5.92 Å². The van der Waals surface area contributed by atoms with Gasteiger partial charge in [0, 0.05) is 12.6 Å². The van der Waals surface area contributed by atoms with Crippen molar-refractivity contribution >= 4 is 18.0 Å². The monoisotopic (exact) mass is 409 g/mol. The van der Waals surface area contributed by atoms with E-state index in [1.54, 1.807) is 12.1 Å². The zero-order valence-electron chi connectivity index (χ0n) is 17.0. The Balaban J connectivity index is 1.42. The number of allylic oxidation sites excluding steroid dienone is 1. The molecule has 2 saturated heterocycles. The molecule has 2 heterocycles. The molecule has 0 bridgehead atoms. The third kappa shape index (κ3) is 3.42. The highest BCUT2D eigenvalue weighted by molar-refractivity contribution is 5.97. The van der Waals surface area contributed by atoms with Gasteiger partial charge in [0.1, 0.15) is 5.75 Å². The second kappa shape index (κ2) is 7.89. The Bertz CT molecular complexity index is 873. The van der Waals surface area contributed by atoms with Crippen molar-refractivity contribution in [3.05, 3.63) is 42.0 Å². The van der Waals surface area contributed by atoms with E-state index in [0.717, 1.165) is 18.4 Å². The van der Waals surface area contributed by atoms with Crippen LogP contribution in [0.4, 0.5) is 4.79 Å². The molecular weight excluding hydrogens is 382 g/mol. The van der Waals surface area contributed by atoms with Gasteiger partial charge in [0.05, 0.1) is 11.8 Å². The van der Waals surface area contributed by atoms with Gasteiger partial charge < -0.3 is 14.4 Å². The van der Waals surface area contributed by atoms with Gasteiger partial charge in [-0.25, -0.2) is 4.79 Å². The van der Waals surface area contributed by atoms with Crippen LogP contribution in [-0.2, 0) is 14.3 Å². The van der Waals surface area contributed by atoms with E-state index in [-0.39, 0.29) is 35.9 Å². The maximum Gasteiger partial charge on any atom is 0.415 e. The number of fused-ring (bicyclic) bond motifs is 3. The summed E-state index contributed by atoms with van der Waals surface area (Å²) in [6, 6.07) is 9.17. The molecule has 4 aliphatic rings. The SMILES string of the molecule is O=C1OC(=O)[C@H]2CC=C3CN(C(=O)Oc4ccccc4)[C@@H](C4CCCCC4)C[C@H]3[C@@H]12. The van der Waals surface area contributed by atoms with Gasteiger partial charge in [-0.05, 0) is 49.7 Å². The minimum Gasteiger partial charge on any atom is -0.410 e. The Labute approximate surface area is 176 Å². The van der Waals surface area contributed by atoms with Crippen molar-refractivity contribution in [3.8, 4) is 5.75 Å². The Morgan fingerprint density at radius 2 is 1.77 bits per heavy atom. The van der Waals surface area contributed by atoms with Crippen LogP contribution >= 0.6 is 0 Å². The molecule has 1 saturated carbocycles. The number of hydrogen-bond donors (Lipinski definition) is 0.